The van der Waals surface area contributed by atoms with Crippen molar-refractivity contribution in [3.05, 3.63) is 72.4 Å². The van der Waals surface area contributed by atoms with Gasteiger partial charge in [0.2, 0.25) is 0 Å². The first kappa shape index (κ1) is 19.4. The van der Waals surface area contributed by atoms with Gasteiger partial charge < -0.3 is 10.1 Å². The van der Waals surface area contributed by atoms with Gasteiger partial charge in [0.1, 0.15) is 11.7 Å². The number of benzene rings is 2. The maximum Gasteiger partial charge on any atom is 0.328 e. The highest BCUT2D eigenvalue weighted by Gasteiger charge is 2.25. The molecule has 1 N–H and O–H groups in total. The highest BCUT2D eigenvalue weighted by atomic mass is 16.5. The van der Waals surface area contributed by atoms with Crippen LogP contribution in [0.5, 0.6) is 0 Å². The number of nitrogens with zero attached hydrogens (tertiary/aromatic N) is 2. The summed E-state index contributed by atoms with van der Waals surface area (Å²) in [5, 5.41) is 7.42. The predicted octanol–water partition coefficient (Wildman–Crippen LogP) is 3.61. The Kier molecular flexibility index (Phi) is 6.22. The van der Waals surface area contributed by atoms with Crippen LogP contribution in [0.25, 0.3) is 16.9 Å². The number of hydrogen-bond acceptors (Lipinski definition) is 4. The highest BCUT2D eigenvalue weighted by molar-refractivity contribution is 6.01. The first-order chi connectivity index (χ1) is 13.6. The topological polar surface area (TPSA) is 73.2 Å². The van der Waals surface area contributed by atoms with Crippen LogP contribution in [0.3, 0.4) is 0 Å². The van der Waals surface area contributed by atoms with E-state index in [1.165, 1.54) is 7.11 Å². The summed E-state index contributed by atoms with van der Waals surface area (Å²) < 4.78 is 6.49. The Labute approximate surface area is 164 Å². The number of nitrogens with one attached hydrogen (secondary N) is 1. The Morgan fingerprint density at radius 3 is 2.32 bits per heavy atom. The Balaban J connectivity index is 1.99. The summed E-state index contributed by atoms with van der Waals surface area (Å²) in [4.78, 5) is 25.0. The third-order valence-corrected chi connectivity index (χ3v) is 4.40. The van der Waals surface area contributed by atoms with Crippen LogP contribution in [0.15, 0.2) is 66.9 Å². The van der Waals surface area contributed by atoms with Crippen molar-refractivity contribution in [2.24, 2.45) is 0 Å². The lowest BCUT2D eigenvalue weighted by Gasteiger charge is -2.15. The van der Waals surface area contributed by atoms with Crippen molar-refractivity contribution < 1.29 is 14.3 Å². The van der Waals surface area contributed by atoms with E-state index in [1.54, 1.807) is 10.9 Å². The molecule has 3 aromatic rings. The van der Waals surface area contributed by atoms with Crippen molar-refractivity contribution in [2.45, 2.75) is 25.8 Å². The fourth-order valence-electron chi connectivity index (χ4n) is 2.98. The molecule has 1 aromatic heterocycles. The minimum absolute atomic E-state index is 0.357. The number of para-hydroxylation sites is 1. The fourth-order valence-corrected chi connectivity index (χ4v) is 2.98. The Bertz CT molecular complexity index is 936. The molecular weight excluding hydrogens is 354 g/mol. The average Bonchev–Trinajstić information content (AvgIpc) is 3.20. The monoisotopic (exact) mass is 377 g/mol. The number of hydrogen-bond donors (Lipinski definition) is 1. The van der Waals surface area contributed by atoms with Gasteiger partial charge in [0.05, 0.1) is 18.4 Å². The number of aromatic nitrogens is 2. The van der Waals surface area contributed by atoms with Crippen LogP contribution in [0.1, 0.15) is 30.1 Å². The molecule has 0 radical (unpaired) electrons. The van der Waals surface area contributed by atoms with Crippen molar-refractivity contribution in [2.75, 3.05) is 7.11 Å². The van der Waals surface area contributed by atoms with Crippen molar-refractivity contribution in [3.8, 4) is 16.9 Å². The lowest BCUT2D eigenvalue weighted by atomic mass is 10.1. The van der Waals surface area contributed by atoms with Crippen LogP contribution in [0.2, 0.25) is 0 Å². The Morgan fingerprint density at radius 1 is 1.07 bits per heavy atom. The number of methoxy groups -OCH3 is 1. The molecule has 6 heteroatoms. The van der Waals surface area contributed by atoms with Gasteiger partial charge in [0.25, 0.3) is 5.91 Å². The molecule has 1 heterocycles. The van der Waals surface area contributed by atoms with E-state index >= 15 is 0 Å². The first-order valence-electron chi connectivity index (χ1n) is 9.23. The van der Waals surface area contributed by atoms with Gasteiger partial charge in [-0.1, -0.05) is 61.9 Å². The second kappa shape index (κ2) is 8.99. The summed E-state index contributed by atoms with van der Waals surface area (Å²) in [6.07, 6.45) is 2.94. The molecule has 0 saturated heterocycles. The van der Waals surface area contributed by atoms with E-state index in [2.05, 4.69) is 10.4 Å². The van der Waals surface area contributed by atoms with E-state index in [9.17, 15) is 9.59 Å². The second-order valence-electron chi connectivity index (χ2n) is 6.38. The van der Waals surface area contributed by atoms with Crippen molar-refractivity contribution in [1.82, 2.24) is 15.1 Å². The molecule has 0 aliphatic rings. The zero-order valence-corrected chi connectivity index (χ0v) is 16.0. The summed E-state index contributed by atoms with van der Waals surface area (Å²) in [5.74, 6) is -0.809. The van der Waals surface area contributed by atoms with Crippen LogP contribution in [0, 0.1) is 0 Å². The SMILES string of the molecule is CCC[C@H](NC(=O)c1cn(-c2ccccc2)nc1-c1ccccc1)C(=O)OC. The molecule has 0 aliphatic heterocycles. The van der Waals surface area contributed by atoms with Crippen LogP contribution in [-0.2, 0) is 9.53 Å². The van der Waals surface area contributed by atoms with E-state index in [1.807, 2.05) is 67.6 Å². The zero-order valence-electron chi connectivity index (χ0n) is 16.0. The molecule has 0 fully saturated rings. The van der Waals surface area contributed by atoms with E-state index in [0.717, 1.165) is 17.7 Å². The zero-order chi connectivity index (χ0) is 19.9. The number of esters is 1. The molecule has 0 saturated carbocycles. The van der Waals surface area contributed by atoms with Gasteiger partial charge in [-0.25, -0.2) is 9.48 Å². The summed E-state index contributed by atoms with van der Waals surface area (Å²) in [5.41, 5.74) is 2.63. The maximum absolute atomic E-state index is 13.0. The molecule has 1 amide bonds. The standard InChI is InChI=1S/C22H23N3O3/c1-3-10-19(22(27)28-2)23-21(26)18-15-25(17-13-8-5-9-14-17)24-20(18)16-11-6-4-7-12-16/h4-9,11-15,19H,3,10H2,1-2H3,(H,23,26)/t19-/m0/s1. The molecule has 0 aliphatic carbocycles. The Morgan fingerprint density at radius 2 is 1.71 bits per heavy atom. The second-order valence-corrected chi connectivity index (χ2v) is 6.38. The van der Waals surface area contributed by atoms with Gasteiger partial charge in [0.15, 0.2) is 0 Å². The number of rotatable bonds is 7. The first-order valence-corrected chi connectivity index (χ1v) is 9.23. The molecule has 28 heavy (non-hydrogen) atoms. The summed E-state index contributed by atoms with van der Waals surface area (Å²) in [6.45, 7) is 1.95. The highest BCUT2D eigenvalue weighted by Crippen LogP contribution is 2.24. The number of carbonyl (C=O) groups is 2. The molecule has 0 spiro atoms. The van der Waals surface area contributed by atoms with Gasteiger partial charge in [0, 0.05) is 11.8 Å². The van der Waals surface area contributed by atoms with Gasteiger partial charge in [-0.2, -0.15) is 5.10 Å². The van der Waals surface area contributed by atoms with Crippen molar-refractivity contribution in [1.29, 1.82) is 0 Å². The molecule has 0 unspecified atom stereocenters. The van der Waals surface area contributed by atoms with Gasteiger partial charge in [-0.15, -0.1) is 0 Å². The van der Waals surface area contributed by atoms with Crippen molar-refractivity contribution in [3.63, 3.8) is 0 Å². The minimum atomic E-state index is -0.689. The van der Waals surface area contributed by atoms with Gasteiger partial charge >= 0.3 is 5.97 Å². The van der Waals surface area contributed by atoms with Gasteiger partial charge in [-0.05, 0) is 18.6 Å². The van der Waals surface area contributed by atoms with Crippen molar-refractivity contribution >= 4 is 11.9 Å². The van der Waals surface area contributed by atoms with E-state index < -0.39 is 12.0 Å². The summed E-state index contributed by atoms with van der Waals surface area (Å²) in [6, 6.07) is 18.4. The summed E-state index contributed by atoms with van der Waals surface area (Å²) >= 11 is 0. The van der Waals surface area contributed by atoms with Crippen LogP contribution in [-0.4, -0.2) is 34.8 Å². The lowest BCUT2D eigenvalue weighted by molar-refractivity contribution is -0.143. The number of ether oxygens (including phenoxy) is 1. The number of carbonyl (C=O) groups excluding carboxylic acids is 2. The van der Waals surface area contributed by atoms with E-state index in [4.69, 9.17) is 4.74 Å². The van der Waals surface area contributed by atoms with Crippen LogP contribution < -0.4 is 5.32 Å². The third-order valence-electron chi connectivity index (χ3n) is 4.40. The van der Waals surface area contributed by atoms with Gasteiger partial charge in [-0.3, -0.25) is 4.79 Å². The normalized spacial score (nSPS) is 11.6. The molecule has 1 atom stereocenters. The predicted molar refractivity (Wildman–Crippen MR) is 107 cm³/mol. The van der Waals surface area contributed by atoms with E-state index in [-0.39, 0.29) is 5.91 Å². The smallest absolute Gasteiger partial charge is 0.328 e. The molecule has 2 aromatic carbocycles. The number of amides is 1. The minimum Gasteiger partial charge on any atom is -0.467 e. The molecule has 0 bridgehead atoms. The lowest BCUT2D eigenvalue weighted by Crippen LogP contribution is -2.41. The molecule has 144 valence electrons. The van der Waals surface area contributed by atoms with Crippen LogP contribution >= 0.6 is 0 Å². The largest absolute Gasteiger partial charge is 0.467 e. The average molecular weight is 377 g/mol. The quantitative estimate of drug-likeness (QED) is 0.639. The van der Waals surface area contributed by atoms with E-state index in [0.29, 0.717) is 17.7 Å². The molecular formula is C22H23N3O3. The summed E-state index contributed by atoms with van der Waals surface area (Å²) in [7, 11) is 1.32. The van der Waals surface area contributed by atoms with Crippen LogP contribution in [0.4, 0.5) is 0 Å². The molecule has 3 rings (SSSR count). The third kappa shape index (κ3) is 4.28. The maximum atomic E-state index is 13.0. The fraction of sp³-hybridized carbons (Fsp3) is 0.227. The Hall–Kier alpha value is -3.41. The molecule has 6 nitrogen and oxygen atoms in total.